The third-order valence-corrected chi connectivity index (χ3v) is 6.14. The molecule has 4 aromatic rings. The molecule has 0 aliphatic rings. The van der Waals surface area contributed by atoms with Crippen LogP contribution in [0.3, 0.4) is 0 Å². The summed E-state index contributed by atoms with van der Waals surface area (Å²) >= 11 is 6.88. The molecule has 0 fully saturated rings. The number of pyridine rings is 1. The van der Waals surface area contributed by atoms with Gasteiger partial charge in [-0.05, 0) is 39.0 Å². The highest BCUT2D eigenvalue weighted by Gasteiger charge is 2.32. The number of nitrogens with one attached hydrogen (secondary N) is 1. The number of amides is 1. The molecule has 0 aliphatic carbocycles. The van der Waals surface area contributed by atoms with Gasteiger partial charge in [0.1, 0.15) is 0 Å². The number of carbonyl (C=O) groups excluding carboxylic acids is 1. The van der Waals surface area contributed by atoms with Crippen LogP contribution in [0.2, 0.25) is 5.02 Å². The number of alkyl halides is 3. The Balaban J connectivity index is 1.51. The summed E-state index contributed by atoms with van der Waals surface area (Å²) in [4.78, 5) is 12.6. The number of halogens is 4. The minimum absolute atomic E-state index is 0.0821. The summed E-state index contributed by atoms with van der Waals surface area (Å²) in [6, 6.07) is 8.62. The van der Waals surface area contributed by atoms with Crippen molar-refractivity contribution in [3.63, 3.8) is 0 Å². The lowest BCUT2D eigenvalue weighted by Gasteiger charge is -2.09. The van der Waals surface area contributed by atoms with E-state index in [9.17, 15) is 18.0 Å². The number of rotatable bonds is 5. The molecule has 0 saturated heterocycles. The molecule has 1 aromatic carbocycles. The van der Waals surface area contributed by atoms with Gasteiger partial charge in [0.15, 0.2) is 10.8 Å². The highest BCUT2D eigenvalue weighted by molar-refractivity contribution is 7.99. The Kier molecular flexibility index (Phi) is 6.10. The van der Waals surface area contributed by atoms with Gasteiger partial charge in [-0.2, -0.15) is 18.3 Å². The lowest BCUT2D eigenvalue weighted by molar-refractivity contribution is -0.137. The SMILES string of the molecule is Cc1ccc(-n2nc(C)c(NC(=O)CSc3nnc4c(Cl)cc(C(F)(F)F)cn34)c2C)cc1. The van der Waals surface area contributed by atoms with E-state index in [1.807, 2.05) is 38.1 Å². The fourth-order valence-corrected chi connectivity index (χ4v) is 4.21. The minimum atomic E-state index is -4.58. The van der Waals surface area contributed by atoms with E-state index in [2.05, 4.69) is 20.6 Å². The van der Waals surface area contributed by atoms with Crippen LogP contribution in [0.1, 0.15) is 22.5 Å². The molecule has 3 heterocycles. The van der Waals surface area contributed by atoms with E-state index in [4.69, 9.17) is 11.6 Å². The van der Waals surface area contributed by atoms with E-state index >= 15 is 0 Å². The maximum absolute atomic E-state index is 13.1. The van der Waals surface area contributed by atoms with Gasteiger partial charge < -0.3 is 5.32 Å². The third kappa shape index (κ3) is 4.69. The summed E-state index contributed by atoms with van der Waals surface area (Å²) in [5.74, 6) is -0.451. The molecule has 172 valence electrons. The lowest BCUT2D eigenvalue weighted by atomic mass is 10.2. The number of carbonyl (C=O) groups is 1. The first kappa shape index (κ1) is 23.1. The summed E-state index contributed by atoms with van der Waals surface area (Å²) in [7, 11) is 0. The molecule has 33 heavy (non-hydrogen) atoms. The predicted octanol–water partition coefficient (Wildman–Crippen LogP) is 5.24. The molecule has 1 N–H and O–H groups in total. The second-order valence-corrected chi connectivity index (χ2v) is 8.73. The first-order valence-electron chi connectivity index (χ1n) is 9.72. The molecule has 0 atom stereocenters. The summed E-state index contributed by atoms with van der Waals surface area (Å²) in [6.07, 6.45) is -3.71. The Morgan fingerprint density at radius 2 is 1.85 bits per heavy atom. The lowest BCUT2D eigenvalue weighted by Crippen LogP contribution is -2.15. The smallest absolute Gasteiger partial charge is 0.322 e. The fourth-order valence-electron chi connectivity index (χ4n) is 3.25. The zero-order valence-corrected chi connectivity index (χ0v) is 19.3. The van der Waals surface area contributed by atoms with Crippen LogP contribution in [0, 0.1) is 20.8 Å². The van der Waals surface area contributed by atoms with E-state index in [1.54, 1.807) is 11.6 Å². The van der Waals surface area contributed by atoms with Gasteiger partial charge in [-0.1, -0.05) is 41.1 Å². The largest absolute Gasteiger partial charge is 0.417 e. The molecule has 0 unspecified atom stereocenters. The van der Waals surface area contributed by atoms with Gasteiger partial charge in [0.05, 0.1) is 39.1 Å². The van der Waals surface area contributed by atoms with Gasteiger partial charge in [-0.3, -0.25) is 9.20 Å². The molecule has 12 heteroatoms. The summed E-state index contributed by atoms with van der Waals surface area (Å²) < 4.78 is 42.2. The van der Waals surface area contributed by atoms with Crippen LogP contribution >= 0.6 is 23.4 Å². The zero-order valence-electron chi connectivity index (χ0n) is 17.7. The molecule has 7 nitrogen and oxygen atoms in total. The maximum atomic E-state index is 13.1. The average molecular weight is 495 g/mol. The van der Waals surface area contributed by atoms with E-state index in [-0.39, 0.29) is 27.5 Å². The van der Waals surface area contributed by atoms with Crippen LogP contribution in [0.15, 0.2) is 41.7 Å². The van der Waals surface area contributed by atoms with E-state index in [0.717, 1.165) is 45.4 Å². The van der Waals surface area contributed by atoms with Gasteiger partial charge in [0, 0.05) is 6.20 Å². The topological polar surface area (TPSA) is 77.1 Å². The van der Waals surface area contributed by atoms with Gasteiger partial charge in [0.25, 0.3) is 0 Å². The zero-order chi connectivity index (χ0) is 23.9. The monoisotopic (exact) mass is 494 g/mol. The Labute approximate surface area is 196 Å². The van der Waals surface area contributed by atoms with Crippen molar-refractivity contribution in [3.05, 3.63) is 64.1 Å². The summed E-state index contributed by atoms with van der Waals surface area (Å²) in [5.41, 5.74) is 3.11. The van der Waals surface area contributed by atoms with Crippen LogP contribution in [0.25, 0.3) is 11.3 Å². The molecule has 0 spiro atoms. The standard InChI is InChI=1S/C21H18ClF3N6OS/c1-11-4-6-15(7-5-11)31-13(3)18(12(2)29-31)26-17(32)10-33-20-28-27-19-16(22)8-14(9-30(19)20)21(23,24)25/h4-9H,10H2,1-3H3,(H,26,32). The third-order valence-electron chi connectivity index (χ3n) is 4.92. The van der Waals surface area contributed by atoms with Crippen molar-refractivity contribution in [3.8, 4) is 5.69 Å². The molecule has 0 bridgehead atoms. The first-order valence-corrected chi connectivity index (χ1v) is 11.1. The number of thioether (sulfide) groups is 1. The van der Waals surface area contributed by atoms with Crippen molar-refractivity contribution in [1.29, 1.82) is 0 Å². The first-order chi connectivity index (χ1) is 15.5. The molecular weight excluding hydrogens is 477 g/mol. The number of aromatic nitrogens is 5. The Morgan fingerprint density at radius 3 is 2.52 bits per heavy atom. The van der Waals surface area contributed by atoms with Crippen molar-refractivity contribution in [2.24, 2.45) is 0 Å². The van der Waals surface area contributed by atoms with Crippen molar-refractivity contribution >= 4 is 40.6 Å². The van der Waals surface area contributed by atoms with E-state index in [1.165, 1.54) is 0 Å². The summed E-state index contributed by atoms with van der Waals surface area (Å²) in [5, 5.41) is 15.0. The molecule has 0 aliphatic heterocycles. The average Bonchev–Trinajstić information content (AvgIpc) is 3.28. The second-order valence-electron chi connectivity index (χ2n) is 7.38. The number of hydrogen-bond acceptors (Lipinski definition) is 5. The number of hydrogen-bond donors (Lipinski definition) is 1. The molecule has 3 aromatic heterocycles. The van der Waals surface area contributed by atoms with Crippen LogP contribution in [-0.2, 0) is 11.0 Å². The second kappa shape index (κ2) is 8.71. The number of aryl methyl sites for hydroxylation is 2. The predicted molar refractivity (Wildman–Crippen MR) is 120 cm³/mol. The minimum Gasteiger partial charge on any atom is -0.322 e. The molecule has 4 rings (SSSR count). The molecular formula is C21H18ClF3N6OS. The highest BCUT2D eigenvalue weighted by Crippen LogP contribution is 2.33. The summed E-state index contributed by atoms with van der Waals surface area (Å²) in [6.45, 7) is 5.62. The highest BCUT2D eigenvalue weighted by atomic mass is 35.5. The maximum Gasteiger partial charge on any atom is 0.417 e. The van der Waals surface area contributed by atoms with Crippen LogP contribution in [0.5, 0.6) is 0 Å². The van der Waals surface area contributed by atoms with Crippen LogP contribution in [-0.4, -0.2) is 36.0 Å². The fraction of sp³-hybridized carbons (Fsp3) is 0.238. The van der Waals surface area contributed by atoms with Crippen molar-refractivity contribution < 1.29 is 18.0 Å². The Hall–Kier alpha value is -3.05. The molecule has 0 radical (unpaired) electrons. The molecule has 1 amide bonds. The number of fused-ring (bicyclic) bond motifs is 1. The van der Waals surface area contributed by atoms with Crippen LogP contribution < -0.4 is 5.32 Å². The number of benzene rings is 1. The number of nitrogens with zero attached hydrogens (tertiary/aromatic N) is 5. The van der Waals surface area contributed by atoms with Crippen molar-refractivity contribution in [2.75, 3.05) is 11.1 Å². The Morgan fingerprint density at radius 1 is 1.15 bits per heavy atom. The van der Waals surface area contributed by atoms with Crippen molar-refractivity contribution in [2.45, 2.75) is 32.1 Å². The number of anilines is 1. The van der Waals surface area contributed by atoms with Crippen LogP contribution in [0.4, 0.5) is 18.9 Å². The Bertz CT molecular complexity index is 1350. The van der Waals surface area contributed by atoms with Gasteiger partial charge in [0.2, 0.25) is 5.91 Å². The van der Waals surface area contributed by atoms with E-state index < -0.39 is 11.7 Å². The van der Waals surface area contributed by atoms with E-state index in [0.29, 0.717) is 11.4 Å². The van der Waals surface area contributed by atoms with Gasteiger partial charge in [-0.25, -0.2) is 4.68 Å². The molecule has 0 saturated carbocycles. The van der Waals surface area contributed by atoms with Crippen molar-refractivity contribution in [1.82, 2.24) is 24.4 Å². The van der Waals surface area contributed by atoms with Gasteiger partial charge >= 0.3 is 6.18 Å². The normalized spacial score (nSPS) is 11.8. The van der Waals surface area contributed by atoms with Gasteiger partial charge in [-0.15, -0.1) is 10.2 Å². The quantitative estimate of drug-likeness (QED) is 0.384.